The van der Waals surface area contributed by atoms with E-state index in [4.69, 9.17) is 11.6 Å². The lowest BCUT2D eigenvalue weighted by Crippen LogP contribution is -2.30. The Balaban J connectivity index is 0.00000324. The van der Waals surface area contributed by atoms with Crippen molar-refractivity contribution in [2.45, 2.75) is 12.5 Å². The summed E-state index contributed by atoms with van der Waals surface area (Å²) in [6.45, 7) is 0.478. The predicted molar refractivity (Wildman–Crippen MR) is 75.2 cm³/mol. The summed E-state index contributed by atoms with van der Waals surface area (Å²) in [5.74, 6) is -0.796. The SMILES string of the molecule is CNCCC(=O)NCC(O)c1c(F)cccc1Cl.Cl. The van der Waals surface area contributed by atoms with E-state index in [9.17, 15) is 14.3 Å². The molecule has 0 spiro atoms. The van der Waals surface area contributed by atoms with Crippen molar-refractivity contribution in [3.63, 3.8) is 0 Å². The molecule has 108 valence electrons. The number of amides is 1. The van der Waals surface area contributed by atoms with Gasteiger partial charge in [-0.2, -0.15) is 0 Å². The quantitative estimate of drug-likeness (QED) is 0.749. The average molecular weight is 311 g/mol. The highest BCUT2D eigenvalue weighted by Crippen LogP contribution is 2.25. The van der Waals surface area contributed by atoms with Gasteiger partial charge in [-0.15, -0.1) is 12.4 Å². The molecule has 0 saturated heterocycles. The number of hydrogen-bond donors (Lipinski definition) is 3. The van der Waals surface area contributed by atoms with Crippen molar-refractivity contribution >= 4 is 29.9 Å². The Labute approximate surface area is 122 Å². The Hall–Kier alpha value is -0.880. The summed E-state index contributed by atoms with van der Waals surface area (Å²) in [7, 11) is 1.74. The van der Waals surface area contributed by atoms with Gasteiger partial charge < -0.3 is 15.7 Å². The monoisotopic (exact) mass is 310 g/mol. The second-order valence-corrected chi connectivity index (χ2v) is 4.22. The van der Waals surface area contributed by atoms with Crippen LogP contribution in [0.1, 0.15) is 18.1 Å². The molecule has 4 nitrogen and oxygen atoms in total. The predicted octanol–water partition coefficient (Wildman–Crippen LogP) is 1.66. The smallest absolute Gasteiger partial charge is 0.221 e. The maximum Gasteiger partial charge on any atom is 0.221 e. The van der Waals surface area contributed by atoms with Crippen molar-refractivity contribution in [1.29, 1.82) is 0 Å². The summed E-state index contributed by atoms with van der Waals surface area (Å²) in [6.07, 6.45) is -0.856. The number of benzene rings is 1. The highest BCUT2D eigenvalue weighted by atomic mass is 35.5. The molecule has 7 heteroatoms. The molecule has 0 bridgehead atoms. The molecule has 0 aliphatic heterocycles. The number of nitrogens with one attached hydrogen (secondary N) is 2. The summed E-state index contributed by atoms with van der Waals surface area (Å²) in [4.78, 5) is 11.3. The molecule has 0 fully saturated rings. The third kappa shape index (κ3) is 5.74. The lowest BCUT2D eigenvalue weighted by atomic mass is 10.1. The number of carbonyl (C=O) groups is 1. The van der Waals surface area contributed by atoms with E-state index in [-0.39, 0.29) is 35.4 Å². The van der Waals surface area contributed by atoms with Gasteiger partial charge in [0.1, 0.15) is 11.9 Å². The van der Waals surface area contributed by atoms with E-state index in [0.717, 1.165) is 0 Å². The minimum absolute atomic E-state index is 0. The molecule has 19 heavy (non-hydrogen) atoms. The molecule has 1 aromatic rings. The van der Waals surface area contributed by atoms with Crippen LogP contribution >= 0.6 is 24.0 Å². The molecule has 1 atom stereocenters. The summed E-state index contributed by atoms with van der Waals surface area (Å²) >= 11 is 5.80. The summed E-state index contributed by atoms with van der Waals surface area (Å²) in [5, 5.41) is 15.3. The summed E-state index contributed by atoms with van der Waals surface area (Å²) < 4.78 is 13.5. The van der Waals surface area contributed by atoms with Crippen LogP contribution in [-0.2, 0) is 4.79 Å². The fourth-order valence-corrected chi connectivity index (χ4v) is 1.76. The van der Waals surface area contributed by atoms with E-state index in [1.54, 1.807) is 7.05 Å². The number of halogens is 3. The number of carbonyl (C=O) groups excluding carboxylic acids is 1. The van der Waals surface area contributed by atoms with Gasteiger partial charge in [0.15, 0.2) is 0 Å². The van der Waals surface area contributed by atoms with Crippen LogP contribution in [0.5, 0.6) is 0 Å². The van der Waals surface area contributed by atoms with Crippen LogP contribution < -0.4 is 10.6 Å². The fraction of sp³-hybridized carbons (Fsp3) is 0.417. The number of aliphatic hydroxyl groups excluding tert-OH is 1. The second kappa shape index (κ2) is 9.09. The average Bonchev–Trinajstić information content (AvgIpc) is 2.33. The van der Waals surface area contributed by atoms with E-state index < -0.39 is 11.9 Å². The van der Waals surface area contributed by atoms with Gasteiger partial charge in [0.05, 0.1) is 0 Å². The molecular weight excluding hydrogens is 294 g/mol. The number of hydrogen-bond acceptors (Lipinski definition) is 3. The molecule has 0 aliphatic rings. The van der Waals surface area contributed by atoms with Gasteiger partial charge in [0.25, 0.3) is 0 Å². The van der Waals surface area contributed by atoms with Crippen molar-refractivity contribution in [3.8, 4) is 0 Å². The highest BCUT2D eigenvalue weighted by molar-refractivity contribution is 6.31. The zero-order valence-corrected chi connectivity index (χ0v) is 12.0. The second-order valence-electron chi connectivity index (χ2n) is 3.81. The van der Waals surface area contributed by atoms with Gasteiger partial charge in [0, 0.05) is 30.1 Å². The third-order valence-corrected chi connectivity index (χ3v) is 2.76. The topological polar surface area (TPSA) is 61.4 Å². The van der Waals surface area contributed by atoms with Gasteiger partial charge >= 0.3 is 0 Å². The molecule has 0 aliphatic carbocycles. The Morgan fingerprint density at radius 3 is 2.79 bits per heavy atom. The summed E-state index contributed by atoms with van der Waals surface area (Å²) in [6, 6.07) is 4.17. The third-order valence-electron chi connectivity index (χ3n) is 2.43. The normalized spacial score (nSPS) is 11.6. The first-order chi connectivity index (χ1) is 8.56. The van der Waals surface area contributed by atoms with Crippen LogP contribution in [0.25, 0.3) is 0 Å². The highest BCUT2D eigenvalue weighted by Gasteiger charge is 2.17. The molecule has 0 saturated carbocycles. The standard InChI is InChI=1S/C12H16ClFN2O2.ClH/c1-15-6-5-11(18)16-7-10(17)12-8(13)3-2-4-9(12)14;/h2-4,10,15,17H,5-7H2,1H3,(H,16,18);1H. The van der Waals surface area contributed by atoms with Gasteiger partial charge in [-0.1, -0.05) is 17.7 Å². The van der Waals surface area contributed by atoms with Crippen LogP contribution in [0, 0.1) is 5.82 Å². The molecule has 3 N–H and O–H groups in total. The Kier molecular flexibility index (Phi) is 8.67. The van der Waals surface area contributed by atoms with Crippen molar-refractivity contribution < 1.29 is 14.3 Å². The van der Waals surface area contributed by atoms with E-state index in [1.807, 2.05) is 0 Å². The number of aliphatic hydroxyl groups is 1. The minimum Gasteiger partial charge on any atom is -0.386 e. The molecule has 1 rings (SSSR count). The van der Waals surface area contributed by atoms with Gasteiger partial charge in [-0.3, -0.25) is 4.79 Å². The molecule has 1 aromatic carbocycles. The van der Waals surface area contributed by atoms with Crippen LogP contribution in [0.3, 0.4) is 0 Å². The lowest BCUT2D eigenvalue weighted by molar-refractivity contribution is -0.121. The maximum absolute atomic E-state index is 13.5. The molecule has 1 amide bonds. The molecule has 0 aromatic heterocycles. The summed E-state index contributed by atoms with van der Waals surface area (Å²) in [5.41, 5.74) is 0.00748. The van der Waals surface area contributed by atoms with Crippen LogP contribution in [0.2, 0.25) is 5.02 Å². The largest absolute Gasteiger partial charge is 0.386 e. The van der Waals surface area contributed by atoms with E-state index >= 15 is 0 Å². The van der Waals surface area contributed by atoms with E-state index in [0.29, 0.717) is 13.0 Å². The van der Waals surface area contributed by atoms with Gasteiger partial charge in [0.2, 0.25) is 5.91 Å². The van der Waals surface area contributed by atoms with E-state index in [2.05, 4.69) is 10.6 Å². The first-order valence-corrected chi connectivity index (χ1v) is 5.97. The lowest BCUT2D eigenvalue weighted by Gasteiger charge is -2.14. The van der Waals surface area contributed by atoms with Crippen LogP contribution in [0.15, 0.2) is 18.2 Å². The first kappa shape index (κ1) is 18.1. The first-order valence-electron chi connectivity index (χ1n) is 5.59. The Bertz CT molecular complexity index is 398. The Morgan fingerprint density at radius 1 is 1.53 bits per heavy atom. The van der Waals surface area contributed by atoms with Crippen molar-refractivity contribution in [2.24, 2.45) is 0 Å². The molecule has 1 unspecified atom stereocenters. The van der Waals surface area contributed by atoms with Crippen LogP contribution in [0.4, 0.5) is 4.39 Å². The minimum atomic E-state index is -1.16. The fourth-order valence-electron chi connectivity index (χ4n) is 1.47. The van der Waals surface area contributed by atoms with Gasteiger partial charge in [-0.25, -0.2) is 4.39 Å². The van der Waals surface area contributed by atoms with E-state index in [1.165, 1.54) is 18.2 Å². The van der Waals surface area contributed by atoms with Crippen molar-refractivity contribution in [3.05, 3.63) is 34.6 Å². The molecule has 0 radical (unpaired) electrons. The molecular formula is C12H17Cl2FN2O2. The van der Waals surface area contributed by atoms with Crippen LogP contribution in [-0.4, -0.2) is 31.2 Å². The zero-order chi connectivity index (χ0) is 13.5. The number of rotatable bonds is 6. The zero-order valence-electron chi connectivity index (χ0n) is 10.5. The Morgan fingerprint density at radius 2 is 2.21 bits per heavy atom. The van der Waals surface area contributed by atoms with Crippen molar-refractivity contribution in [1.82, 2.24) is 10.6 Å². The molecule has 0 heterocycles. The maximum atomic E-state index is 13.5. The van der Waals surface area contributed by atoms with Gasteiger partial charge in [-0.05, 0) is 19.2 Å². The van der Waals surface area contributed by atoms with Crippen molar-refractivity contribution in [2.75, 3.05) is 20.1 Å².